The molecule has 1 N–H and O–H groups in total. The number of carbonyl (C=O) groups excluding carboxylic acids is 1. The van der Waals surface area contributed by atoms with Crippen LogP contribution in [0.3, 0.4) is 0 Å². The Balaban J connectivity index is 1.15. The van der Waals surface area contributed by atoms with E-state index < -0.39 is 6.09 Å². The molecule has 4 aromatic carbocycles. The van der Waals surface area contributed by atoms with E-state index >= 15 is 0 Å². The van der Waals surface area contributed by atoms with Crippen molar-refractivity contribution in [3.05, 3.63) is 113 Å². The number of hydrogen-bond acceptors (Lipinski definition) is 2. The highest BCUT2D eigenvalue weighted by atomic mass is 35.5. The van der Waals surface area contributed by atoms with Gasteiger partial charge in [0.05, 0.1) is 0 Å². The second-order valence-corrected chi connectivity index (χ2v) is 8.54. The number of ether oxygens (including phenoxy) is 1. The summed E-state index contributed by atoms with van der Waals surface area (Å²) in [5.74, 6) is 0.0687. The van der Waals surface area contributed by atoms with Gasteiger partial charge in [0.1, 0.15) is 6.61 Å². The van der Waals surface area contributed by atoms with Crippen molar-refractivity contribution in [3.8, 4) is 11.1 Å². The molecule has 5 rings (SSSR count). The first-order valence-corrected chi connectivity index (χ1v) is 11.5. The zero-order valence-electron chi connectivity index (χ0n) is 18.1. The second-order valence-electron chi connectivity index (χ2n) is 8.13. The van der Waals surface area contributed by atoms with Gasteiger partial charge in [-0.15, -0.1) is 0 Å². The van der Waals surface area contributed by atoms with Gasteiger partial charge in [-0.2, -0.15) is 0 Å². The molecule has 0 heterocycles. The van der Waals surface area contributed by atoms with Crippen LogP contribution in [0.1, 0.15) is 29.0 Å². The van der Waals surface area contributed by atoms with Gasteiger partial charge in [0.25, 0.3) is 0 Å². The minimum absolute atomic E-state index is 0.0687. The van der Waals surface area contributed by atoms with Gasteiger partial charge in [-0.25, -0.2) is 4.79 Å². The molecule has 1 aliphatic carbocycles. The predicted molar refractivity (Wildman–Crippen MR) is 136 cm³/mol. The van der Waals surface area contributed by atoms with E-state index in [2.05, 4.69) is 41.7 Å². The Morgan fingerprint density at radius 3 is 2.27 bits per heavy atom. The van der Waals surface area contributed by atoms with Crippen molar-refractivity contribution in [1.29, 1.82) is 0 Å². The zero-order chi connectivity index (χ0) is 22.6. The highest BCUT2D eigenvalue weighted by molar-refractivity contribution is 6.36. The molecule has 0 saturated carbocycles. The van der Waals surface area contributed by atoms with Crippen LogP contribution in [0.15, 0.2) is 91.0 Å². The lowest BCUT2D eigenvalue weighted by Crippen LogP contribution is -2.26. The van der Waals surface area contributed by atoms with Crippen LogP contribution in [0, 0.1) is 0 Å². The van der Waals surface area contributed by atoms with Crippen LogP contribution in [0.4, 0.5) is 4.79 Å². The average molecular weight is 454 g/mol. The fraction of sp³-hybridized carbons (Fsp3) is 0.138. The molecule has 3 nitrogen and oxygen atoms in total. The molecular weight excluding hydrogens is 430 g/mol. The molecular formula is C29H24ClNO2. The van der Waals surface area contributed by atoms with Gasteiger partial charge in [0.2, 0.25) is 0 Å². The Hall–Kier alpha value is -3.56. The van der Waals surface area contributed by atoms with Crippen LogP contribution in [0.5, 0.6) is 0 Å². The Kier molecular flexibility index (Phi) is 6.14. The van der Waals surface area contributed by atoms with Crippen LogP contribution < -0.4 is 5.32 Å². The van der Waals surface area contributed by atoms with E-state index in [9.17, 15) is 4.79 Å². The topological polar surface area (TPSA) is 38.3 Å². The van der Waals surface area contributed by atoms with Crippen molar-refractivity contribution in [3.63, 3.8) is 0 Å². The number of nitrogens with one attached hydrogen (secondary N) is 1. The van der Waals surface area contributed by atoms with Crippen molar-refractivity contribution in [2.75, 3.05) is 13.2 Å². The molecule has 0 aromatic heterocycles. The molecule has 1 aliphatic rings. The van der Waals surface area contributed by atoms with Gasteiger partial charge in [0.15, 0.2) is 0 Å². The number of halogens is 1. The molecule has 0 atom stereocenters. The summed E-state index contributed by atoms with van der Waals surface area (Å²) in [5, 5.41) is 5.75. The summed E-state index contributed by atoms with van der Waals surface area (Å²) < 4.78 is 5.59. The van der Waals surface area contributed by atoms with E-state index in [1.165, 1.54) is 22.3 Å². The van der Waals surface area contributed by atoms with Gasteiger partial charge >= 0.3 is 6.09 Å². The number of amides is 1. The van der Waals surface area contributed by atoms with Crippen molar-refractivity contribution >= 4 is 34.5 Å². The summed E-state index contributed by atoms with van der Waals surface area (Å²) >= 11 is 6.39. The maximum atomic E-state index is 12.3. The third kappa shape index (κ3) is 4.37. The number of benzene rings is 4. The molecule has 0 bridgehead atoms. The lowest BCUT2D eigenvalue weighted by Gasteiger charge is -2.14. The van der Waals surface area contributed by atoms with E-state index in [4.69, 9.17) is 16.3 Å². The van der Waals surface area contributed by atoms with Gasteiger partial charge in [0, 0.05) is 22.9 Å². The molecule has 0 spiro atoms. The zero-order valence-corrected chi connectivity index (χ0v) is 18.9. The largest absolute Gasteiger partial charge is 0.449 e. The molecule has 1 amide bonds. The molecule has 0 unspecified atom stereocenters. The van der Waals surface area contributed by atoms with Crippen LogP contribution in [0.2, 0.25) is 5.02 Å². The fourth-order valence-corrected chi connectivity index (χ4v) is 4.87. The fourth-order valence-electron chi connectivity index (χ4n) is 4.58. The molecule has 33 heavy (non-hydrogen) atoms. The predicted octanol–water partition coefficient (Wildman–Crippen LogP) is 7.44. The minimum Gasteiger partial charge on any atom is -0.449 e. The number of fused-ring (bicyclic) bond motifs is 4. The van der Waals surface area contributed by atoms with Crippen molar-refractivity contribution in [2.24, 2.45) is 0 Å². The quantitative estimate of drug-likeness (QED) is 0.308. The number of alkyl carbamates (subject to hydrolysis) is 1. The summed E-state index contributed by atoms with van der Waals surface area (Å²) in [4.78, 5) is 12.3. The second kappa shape index (κ2) is 9.51. The molecule has 164 valence electrons. The Labute approximate surface area is 198 Å². The first kappa shape index (κ1) is 21.3. The van der Waals surface area contributed by atoms with Crippen molar-refractivity contribution < 1.29 is 9.53 Å². The maximum Gasteiger partial charge on any atom is 0.407 e. The lowest BCUT2D eigenvalue weighted by molar-refractivity contribution is 0.143. The highest BCUT2D eigenvalue weighted by Gasteiger charge is 2.28. The van der Waals surface area contributed by atoms with E-state index in [-0.39, 0.29) is 5.92 Å². The molecule has 0 fully saturated rings. The van der Waals surface area contributed by atoms with Gasteiger partial charge in [-0.3, -0.25) is 0 Å². The summed E-state index contributed by atoms with van der Waals surface area (Å²) in [6.07, 6.45) is 4.40. The maximum absolute atomic E-state index is 12.3. The summed E-state index contributed by atoms with van der Waals surface area (Å²) in [6, 6.07) is 28.7. The third-order valence-electron chi connectivity index (χ3n) is 6.11. The number of hydrogen-bond donors (Lipinski definition) is 1. The molecule has 0 radical (unpaired) electrons. The number of rotatable bonds is 6. The third-order valence-corrected chi connectivity index (χ3v) is 6.42. The van der Waals surface area contributed by atoms with Gasteiger partial charge in [-0.05, 0) is 45.7 Å². The first-order chi connectivity index (χ1) is 16.2. The Bertz CT molecular complexity index is 1290. The molecule has 4 heteroatoms. The van der Waals surface area contributed by atoms with E-state index in [0.717, 1.165) is 21.4 Å². The van der Waals surface area contributed by atoms with E-state index in [1.807, 2.05) is 60.7 Å². The molecule has 0 saturated heterocycles. The van der Waals surface area contributed by atoms with Crippen LogP contribution >= 0.6 is 11.6 Å². The minimum atomic E-state index is -0.390. The van der Waals surface area contributed by atoms with Crippen LogP contribution in [0.25, 0.3) is 28.0 Å². The lowest BCUT2D eigenvalue weighted by atomic mass is 9.98. The smallest absolute Gasteiger partial charge is 0.407 e. The first-order valence-electron chi connectivity index (χ1n) is 11.1. The van der Waals surface area contributed by atoms with Crippen molar-refractivity contribution in [2.45, 2.75) is 12.3 Å². The number of carbonyl (C=O) groups is 1. The summed E-state index contributed by atoms with van der Waals surface area (Å²) in [6.45, 7) is 0.829. The Morgan fingerprint density at radius 1 is 0.879 bits per heavy atom. The van der Waals surface area contributed by atoms with E-state index in [1.54, 1.807) is 0 Å². The highest BCUT2D eigenvalue weighted by Crippen LogP contribution is 2.44. The molecule has 4 aromatic rings. The summed E-state index contributed by atoms with van der Waals surface area (Å²) in [5.41, 5.74) is 5.94. The monoisotopic (exact) mass is 453 g/mol. The van der Waals surface area contributed by atoms with Crippen LogP contribution in [-0.2, 0) is 4.74 Å². The van der Waals surface area contributed by atoms with Crippen molar-refractivity contribution in [1.82, 2.24) is 5.32 Å². The van der Waals surface area contributed by atoms with Gasteiger partial charge in [-0.1, -0.05) is 103 Å². The molecule has 0 aliphatic heterocycles. The van der Waals surface area contributed by atoms with E-state index in [0.29, 0.717) is 19.6 Å². The normalized spacial score (nSPS) is 12.6. The average Bonchev–Trinajstić information content (AvgIpc) is 3.16. The summed E-state index contributed by atoms with van der Waals surface area (Å²) in [7, 11) is 0. The SMILES string of the molecule is O=C(NCCC=Cc1cccc2cccc(Cl)c12)OCC1c2ccccc2-c2ccccc21. The standard InChI is InChI=1S/C29H24ClNO2/c30-27-17-8-12-21-11-7-10-20(28(21)27)9-5-6-18-31-29(32)33-19-26-24-15-3-1-13-22(24)23-14-2-4-16-25(23)26/h1-5,7-17,26H,6,18-19H2,(H,31,32). The Morgan fingerprint density at radius 2 is 1.55 bits per heavy atom. The van der Waals surface area contributed by atoms with Gasteiger partial charge < -0.3 is 10.1 Å². The van der Waals surface area contributed by atoms with Crippen LogP contribution in [-0.4, -0.2) is 19.2 Å².